The van der Waals surface area contributed by atoms with Crippen LogP contribution in [0, 0.1) is 13.8 Å². The van der Waals surface area contributed by atoms with Crippen LogP contribution in [-0.4, -0.2) is 108 Å². The molecule has 2 aromatic carbocycles. The van der Waals surface area contributed by atoms with Gasteiger partial charge in [0.2, 0.25) is 23.5 Å². The number of hydrogen-bond donors (Lipinski definition) is 4. The van der Waals surface area contributed by atoms with Crippen molar-refractivity contribution in [1.29, 1.82) is 0 Å². The molecular weight excluding hydrogens is 1100 g/mol. The molecule has 18 nitrogen and oxygen atoms in total. The summed E-state index contributed by atoms with van der Waals surface area (Å²) in [5.41, 5.74) is 9.51. The highest BCUT2D eigenvalue weighted by atomic mass is 79.9. The van der Waals surface area contributed by atoms with Crippen molar-refractivity contribution in [3.63, 3.8) is 0 Å². The van der Waals surface area contributed by atoms with Crippen molar-refractivity contribution in [3.8, 4) is 34.6 Å². The Morgan fingerprint density at radius 1 is 0.566 bits per heavy atom. The van der Waals surface area contributed by atoms with Gasteiger partial charge in [0.15, 0.2) is 0 Å². The average Bonchev–Trinajstić information content (AvgIpc) is 3.43. The largest absolute Gasteiger partial charge is 0.481 e. The van der Waals surface area contributed by atoms with Gasteiger partial charge in [0.25, 0.3) is 0 Å². The molecule has 4 N–H and O–H groups in total. The van der Waals surface area contributed by atoms with Gasteiger partial charge in [-0.15, -0.1) is 0 Å². The summed E-state index contributed by atoms with van der Waals surface area (Å²) in [5.74, 6) is 1.66. The smallest absolute Gasteiger partial charge is 0.303 e. The van der Waals surface area contributed by atoms with E-state index in [9.17, 15) is 9.59 Å². The number of ether oxygens (including phenoxy) is 6. The van der Waals surface area contributed by atoms with Crippen molar-refractivity contribution in [3.05, 3.63) is 139 Å². The first-order valence-corrected chi connectivity index (χ1v) is 27.0. The Hall–Kier alpha value is -6.42. The lowest BCUT2D eigenvalue weighted by atomic mass is 9.92. The minimum atomic E-state index is -0.832. The molecule has 0 unspecified atom stereocenters. The van der Waals surface area contributed by atoms with Crippen LogP contribution < -0.4 is 39.4 Å². The Bertz CT molecular complexity index is 2690. The number of benzene rings is 2. The molecule has 402 valence electrons. The Balaban J connectivity index is 0.944. The molecular formula is C56H64Br2N8O10. The number of aliphatic carboxylic acids is 2. The Morgan fingerprint density at radius 3 is 1.36 bits per heavy atom. The number of carboxylic acid groups (broad SMARTS) is 2. The van der Waals surface area contributed by atoms with Crippen LogP contribution in [0.1, 0.15) is 70.2 Å². The standard InChI is InChI=1S/C56H64Br2N8O10/c1-37-41(35-75-55-47(57)27-43(31-59-17-5-11-51(67)68)53(63-55)73-33-39-13-15-49(61-29-39)65-19-23-71-24-20-65)7-3-9-45(37)46-10-4-8-42(38(46)2)36-76-56-48(58)28-44(32-60-18-6-12-52(69)70)54(64-56)74-34-40-14-16-50(62-30-40)66-21-25-72-26-22-66/h3-4,7-10,13-16,27-30,59-60H,5-6,11-12,17-26,31-36H2,1-2H3,(H,67,68)(H,69,70). The highest BCUT2D eigenvalue weighted by Crippen LogP contribution is 2.35. The molecule has 0 amide bonds. The molecule has 2 aliphatic heterocycles. The lowest BCUT2D eigenvalue weighted by Crippen LogP contribution is -2.36. The average molecular weight is 1170 g/mol. The van der Waals surface area contributed by atoms with Crippen molar-refractivity contribution < 1.29 is 48.2 Å². The van der Waals surface area contributed by atoms with E-state index in [1.165, 1.54) is 0 Å². The highest BCUT2D eigenvalue weighted by molar-refractivity contribution is 9.10. The fraction of sp³-hybridized carbons (Fsp3) is 0.393. The van der Waals surface area contributed by atoms with Crippen LogP contribution in [-0.2, 0) is 58.6 Å². The minimum Gasteiger partial charge on any atom is -0.481 e. The van der Waals surface area contributed by atoms with E-state index in [4.69, 9.17) is 48.6 Å². The first-order chi connectivity index (χ1) is 37.0. The fourth-order valence-electron chi connectivity index (χ4n) is 8.69. The summed E-state index contributed by atoms with van der Waals surface area (Å²) in [4.78, 5) is 45.7. The van der Waals surface area contributed by atoms with Crippen LogP contribution in [0.3, 0.4) is 0 Å². The number of halogens is 2. The summed E-state index contributed by atoms with van der Waals surface area (Å²) in [6.45, 7) is 12.9. The number of hydrogen-bond acceptors (Lipinski definition) is 16. The van der Waals surface area contributed by atoms with Gasteiger partial charge in [-0.1, -0.05) is 48.5 Å². The zero-order valence-corrected chi connectivity index (χ0v) is 46.0. The first-order valence-electron chi connectivity index (χ1n) is 25.5. The lowest BCUT2D eigenvalue weighted by Gasteiger charge is -2.27. The molecule has 6 aromatic rings. The zero-order valence-electron chi connectivity index (χ0n) is 42.8. The van der Waals surface area contributed by atoms with Gasteiger partial charge in [-0.05, 0) is 129 Å². The number of pyridine rings is 4. The van der Waals surface area contributed by atoms with E-state index in [0.717, 1.165) is 93.4 Å². The van der Waals surface area contributed by atoms with Gasteiger partial charge in [-0.3, -0.25) is 9.59 Å². The number of rotatable bonds is 27. The predicted molar refractivity (Wildman–Crippen MR) is 294 cm³/mol. The maximum atomic E-state index is 11.1. The summed E-state index contributed by atoms with van der Waals surface area (Å²) in [6, 6.07) is 24.2. The molecule has 8 rings (SSSR count). The SMILES string of the molecule is Cc1c(COc2nc(OCc3ccc(N4CCOCC4)nc3)c(CNCCCC(=O)O)cc2Br)cccc1-c1cccc(COc2nc(OCc3ccc(N4CCOCC4)nc3)c(CNCCCC(=O)O)cc2Br)c1C. The molecule has 0 atom stereocenters. The summed E-state index contributed by atoms with van der Waals surface area (Å²) >= 11 is 7.39. The maximum absolute atomic E-state index is 11.1. The summed E-state index contributed by atoms with van der Waals surface area (Å²) < 4.78 is 37.9. The second kappa shape index (κ2) is 28.1. The van der Waals surface area contributed by atoms with Crippen LogP contribution in [0.25, 0.3) is 11.1 Å². The van der Waals surface area contributed by atoms with E-state index in [0.29, 0.717) is 97.9 Å². The minimum absolute atomic E-state index is 0.0773. The Morgan fingerprint density at radius 2 is 0.974 bits per heavy atom. The third-order valence-corrected chi connectivity index (χ3v) is 14.2. The quantitative estimate of drug-likeness (QED) is 0.0354. The topological polar surface area (TPSA) is 212 Å². The molecule has 2 aliphatic rings. The molecule has 0 bridgehead atoms. The number of aromatic nitrogens is 4. The van der Waals surface area contributed by atoms with Crippen molar-refractivity contribution in [2.75, 3.05) is 75.5 Å². The Kier molecular flexibility index (Phi) is 20.6. The van der Waals surface area contributed by atoms with Gasteiger partial charge in [0, 0.05) is 86.8 Å². The van der Waals surface area contributed by atoms with Gasteiger partial charge < -0.3 is 59.1 Å². The van der Waals surface area contributed by atoms with E-state index < -0.39 is 11.9 Å². The molecule has 0 aliphatic carbocycles. The zero-order chi connectivity index (χ0) is 53.2. The van der Waals surface area contributed by atoms with E-state index in [1.54, 1.807) is 0 Å². The number of carbonyl (C=O) groups is 2. The van der Waals surface area contributed by atoms with Gasteiger partial charge >= 0.3 is 11.9 Å². The fourth-order valence-corrected chi connectivity index (χ4v) is 9.65. The van der Waals surface area contributed by atoms with Crippen molar-refractivity contribution in [2.45, 2.75) is 79.0 Å². The van der Waals surface area contributed by atoms with Crippen molar-refractivity contribution in [1.82, 2.24) is 30.6 Å². The molecule has 76 heavy (non-hydrogen) atoms. The molecule has 0 saturated carbocycles. The third kappa shape index (κ3) is 15.8. The van der Waals surface area contributed by atoms with Gasteiger partial charge in [-0.2, -0.15) is 9.97 Å². The second-order valence-electron chi connectivity index (χ2n) is 18.4. The molecule has 0 radical (unpaired) electrons. The number of morpholine rings is 2. The summed E-state index contributed by atoms with van der Waals surface area (Å²) in [6.07, 6.45) is 4.77. The molecule has 2 fully saturated rings. The number of carboxylic acids is 2. The van der Waals surface area contributed by atoms with Crippen LogP contribution in [0.2, 0.25) is 0 Å². The van der Waals surface area contributed by atoms with Crippen molar-refractivity contribution in [2.24, 2.45) is 0 Å². The van der Waals surface area contributed by atoms with E-state index >= 15 is 0 Å². The number of anilines is 2. The molecule has 0 spiro atoms. The first kappa shape index (κ1) is 55.8. The third-order valence-electron chi connectivity index (χ3n) is 13.0. The number of nitrogens with one attached hydrogen (secondary N) is 2. The molecule has 2 saturated heterocycles. The van der Waals surface area contributed by atoms with Crippen molar-refractivity contribution >= 4 is 55.4 Å². The van der Waals surface area contributed by atoms with Crippen LogP contribution in [0.4, 0.5) is 11.6 Å². The van der Waals surface area contributed by atoms with Crippen LogP contribution in [0.15, 0.2) is 94.1 Å². The highest BCUT2D eigenvalue weighted by Gasteiger charge is 2.20. The van der Waals surface area contributed by atoms with Crippen LogP contribution >= 0.6 is 31.9 Å². The van der Waals surface area contributed by atoms with Crippen LogP contribution in [0.5, 0.6) is 23.5 Å². The molecule has 4 aromatic heterocycles. The number of nitrogens with zero attached hydrogens (tertiary/aromatic N) is 6. The van der Waals surface area contributed by atoms with Gasteiger partial charge in [0.1, 0.15) is 38.1 Å². The van der Waals surface area contributed by atoms with E-state index in [2.05, 4.69) is 88.2 Å². The monoisotopic (exact) mass is 1170 g/mol. The Labute approximate surface area is 459 Å². The maximum Gasteiger partial charge on any atom is 0.303 e. The second-order valence-corrected chi connectivity index (χ2v) is 20.1. The summed E-state index contributed by atoms with van der Waals surface area (Å²) in [5, 5.41) is 24.9. The molecule has 20 heteroatoms. The van der Waals surface area contributed by atoms with E-state index in [-0.39, 0.29) is 39.3 Å². The molecule has 6 heterocycles. The normalized spacial score (nSPS) is 13.6. The van der Waals surface area contributed by atoms with E-state index in [1.807, 2.05) is 73.1 Å². The van der Waals surface area contributed by atoms with Gasteiger partial charge in [-0.25, -0.2) is 9.97 Å². The predicted octanol–water partition coefficient (Wildman–Crippen LogP) is 8.97. The summed E-state index contributed by atoms with van der Waals surface area (Å²) in [7, 11) is 0. The van der Waals surface area contributed by atoms with Gasteiger partial charge in [0.05, 0.1) is 35.4 Å². The lowest BCUT2D eigenvalue weighted by molar-refractivity contribution is -0.138.